The molecule has 1 spiro atoms. The molecule has 298 valence electrons. The Morgan fingerprint density at radius 2 is 1.61 bits per heavy atom. The van der Waals surface area contributed by atoms with Gasteiger partial charge in [-0.2, -0.15) is 0 Å². The third-order valence-corrected chi connectivity index (χ3v) is 9.87. The highest BCUT2D eigenvalue weighted by atomic mass is 16.7. The van der Waals surface area contributed by atoms with Crippen LogP contribution in [-0.2, 0) is 43.0 Å². The molecular formula is C38H56N6O10. The molecule has 0 bridgehead atoms. The standard InChI is InChI=1S/C38H56N6O10/c1-6-13-27(32(46)34(48)39-21-29(45)41-30(35(49)43(4)5)25-14-9-7-10-15-25)40-33(47)28-20-38(53-18-19-54-38)23-44(28)36(50)31(26-16-11-8-12-17-26)42-37(51)52-22-24(2)3/h7,9-10,14-15,24,26-28,30-31H,6,8,11-13,16-23H2,1-5H3,(H,39,48)(H,40,47)(H,41,45)(H,42,51)/t27?,28-,30?,31?/m0/s1. The van der Waals surface area contributed by atoms with Crippen molar-refractivity contribution in [3.8, 4) is 0 Å². The molecule has 3 unspecified atom stereocenters. The first-order valence-electron chi connectivity index (χ1n) is 18.9. The zero-order valence-electron chi connectivity index (χ0n) is 32.0. The van der Waals surface area contributed by atoms with E-state index < -0.39 is 72.0 Å². The molecule has 1 aromatic carbocycles. The zero-order chi connectivity index (χ0) is 39.4. The molecule has 2 saturated heterocycles. The summed E-state index contributed by atoms with van der Waals surface area (Å²) < 4.78 is 17.2. The lowest BCUT2D eigenvalue weighted by Crippen LogP contribution is -2.58. The molecule has 1 saturated carbocycles. The Morgan fingerprint density at radius 3 is 2.22 bits per heavy atom. The second-order valence-corrected chi connectivity index (χ2v) is 14.8. The van der Waals surface area contributed by atoms with E-state index >= 15 is 0 Å². The van der Waals surface area contributed by atoms with Gasteiger partial charge in [0.1, 0.15) is 18.1 Å². The highest BCUT2D eigenvalue weighted by Gasteiger charge is 2.54. The Labute approximate surface area is 316 Å². The summed E-state index contributed by atoms with van der Waals surface area (Å²) in [5.41, 5.74) is 0.541. The molecule has 16 nitrogen and oxygen atoms in total. The largest absolute Gasteiger partial charge is 0.449 e. The smallest absolute Gasteiger partial charge is 0.407 e. The van der Waals surface area contributed by atoms with Crippen LogP contribution < -0.4 is 21.3 Å². The number of likely N-dealkylation sites (tertiary alicyclic amines) is 1. The summed E-state index contributed by atoms with van der Waals surface area (Å²) in [6, 6.07) is 4.22. The predicted octanol–water partition coefficient (Wildman–Crippen LogP) is 1.58. The summed E-state index contributed by atoms with van der Waals surface area (Å²) in [6.07, 6.45) is 4.01. The lowest BCUT2D eigenvalue weighted by molar-refractivity contribution is -0.154. The summed E-state index contributed by atoms with van der Waals surface area (Å²) in [4.78, 5) is 96.2. The number of alkyl carbamates (subject to hydrolysis) is 1. The molecule has 3 aliphatic rings. The van der Waals surface area contributed by atoms with Gasteiger partial charge in [-0.25, -0.2) is 4.79 Å². The van der Waals surface area contributed by atoms with Crippen molar-refractivity contribution < 1.29 is 47.8 Å². The highest BCUT2D eigenvalue weighted by molar-refractivity contribution is 6.38. The summed E-state index contributed by atoms with van der Waals surface area (Å²) >= 11 is 0. The number of amides is 6. The van der Waals surface area contributed by atoms with Gasteiger partial charge in [0.15, 0.2) is 5.79 Å². The molecule has 4 rings (SSSR count). The van der Waals surface area contributed by atoms with Gasteiger partial charge >= 0.3 is 6.09 Å². The number of ether oxygens (including phenoxy) is 3. The number of nitrogens with one attached hydrogen (secondary N) is 4. The van der Waals surface area contributed by atoms with E-state index in [0.29, 0.717) is 24.8 Å². The van der Waals surface area contributed by atoms with E-state index in [-0.39, 0.29) is 57.0 Å². The maximum absolute atomic E-state index is 14.4. The SMILES string of the molecule is CCCC(NC(=O)[C@@H]1CC2(CN1C(=O)C(NC(=O)OCC(C)C)C1CCCCC1)OCCO2)C(=O)C(=O)NCC(=O)NC(C(=O)N(C)C)c1ccccc1. The number of Topliss-reactive ketones (excluding diaryl/α,β-unsaturated/α-hetero) is 1. The van der Waals surface area contributed by atoms with Crippen LogP contribution in [-0.4, -0.2) is 122 Å². The van der Waals surface area contributed by atoms with Crippen LogP contribution >= 0.6 is 0 Å². The number of rotatable bonds is 16. The van der Waals surface area contributed by atoms with Crippen molar-refractivity contribution in [2.75, 3.05) is 47.0 Å². The van der Waals surface area contributed by atoms with Crippen LogP contribution in [0.25, 0.3) is 0 Å². The van der Waals surface area contributed by atoms with Gasteiger partial charge in [0.2, 0.25) is 29.4 Å². The maximum atomic E-state index is 14.4. The van der Waals surface area contributed by atoms with E-state index in [4.69, 9.17) is 14.2 Å². The van der Waals surface area contributed by atoms with Crippen molar-refractivity contribution in [1.82, 2.24) is 31.1 Å². The summed E-state index contributed by atoms with van der Waals surface area (Å²) in [5, 5.41) is 10.4. The van der Waals surface area contributed by atoms with Crippen LogP contribution in [0.1, 0.15) is 83.7 Å². The minimum atomic E-state index is -1.27. The van der Waals surface area contributed by atoms with Crippen LogP contribution in [0.15, 0.2) is 30.3 Å². The second-order valence-electron chi connectivity index (χ2n) is 14.8. The first-order valence-corrected chi connectivity index (χ1v) is 18.9. The van der Waals surface area contributed by atoms with Gasteiger partial charge in [-0.3, -0.25) is 28.8 Å². The highest BCUT2D eigenvalue weighted by Crippen LogP contribution is 2.37. The average molecular weight is 757 g/mol. The van der Waals surface area contributed by atoms with E-state index in [2.05, 4.69) is 21.3 Å². The molecule has 16 heteroatoms. The van der Waals surface area contributed by atoms with Crippen LogP contribution in [0.2, 0.25) is 0 Å². The maximum Gasteiger partial charge on any atom is 0.407 e. The second kappa shape index (κ2) is 19.7. The number of benzene rings is 1. The van der Waals surface area contributed by atoms with E-state index in [0.717, 1.165) is 19.3 Å². The lowest BCUT2D eigenvalue weighted by atomic mass is 9.83. The number of carbonyl (C=O) groups is 7. The monoisotopic (exact) mass is 756 g/mol. The fourth-order valence-electron chi connectivity index (χ4n) is 7.08. The van der Waals surface area contributed by atoms with Crippen LogP contribution in [0.5, 0.6) is 0 Å². The molecule has 0 aromatic heterocycles. The van der Waals surface area contributed by atoms with Gasteiger partial charge in [-0.05, 0) is 36.7 Å². The van der Waals surface area contributed by atoms with Gasteiger partial charge in [0.25, 0.3) is 5.91 Å². The molecule has 4 atom stereocenters. The first-order chi connectivity index (χ1) is 25.7. The number of likely N-dealkylation sites (N-methyl/N-ethyl adjacent to an activating group) is 1. The van der Waals surface area contributed by atoms with Crippen molar-refractivity contribution >= 4 is 41.4 Å². The fraction of sp³-hybridized carbons (Fsp3) is 0.658. The lowest BCUT2D eigenvalue weighted by Gasteiger charge is -2.34. The van der Waals surface area contributed by atoms with Crippen LogP contribution in [0, 0.1) is 11.8 Å². The molecule has 1 aliphatic carbocycles. The molecule has 2 heterocycles. The van der Waals surface area contributed by atoms with Gasteiger partial charge in [0, 0.05) is 20.5 Å². The number of carbonyl (C=O) groups excluding carboxylic acids is 7. The molecular weight excluding hydrogens is 700 g/mol. The van der Waals surface area contributed by atoms with E-state index in [1.807, 2.05) is 13.8 Å². The quantitative estimate of drug-likeness (QED) is 0.180. The number of nitrogens with zero attached hydrogens (tertiary/aromatic N) is 2. The minimum absolute atomic E-state index is 0.0204. The van der Waals surface area contributed by atoms with Crippen molar-refractivity contribution in [3.63, 3.8) is 0 Å². The summed E-state index contributed by atoms with van der Waals surface area (Å²) in [6.45, 7) is 5.62. The Balaban J connectivity index is 1.46. The number of hydrogen-bond acceptors (Lipinski definition) is 10. The fourth-order valence-corrected chi connectivity index (χ4v) is 7.08. The normalized spacial score (nSPS) is 19.7. The topological polar surface area (TPSA) is 202 Å². The third kappa shape index (κ3) is 11.2. The molecule has 6 amide bonds. The summed E-state index contributed by atoms with van der Waals surface area (Å²) in [7, 11) is 3.11. The van der Waals surface area contributed by atoms with Gasteiger partial charge in [0.05, 0.1) is 39.0 Å². The molecule has 54 heavy (non-hydrogen) atoms. The molecule has 4 N–H and O–H groups in total. The van der Waals surface area contributed by atoms with Gasteiger partial charge in [-0.15, -0.1) is 0 Å². The Hall–Kier alpha value is -4.57. The number of hydrogen-bond donors (Lipinski definition) is 4. The first kappa shape index (κ1) is 42.2. The number of ketones is 1. The molecule has 1 aromatic rings. The molecule has 0 radical (unpaired) electrons. The third-order valence-electron chi connectivity index (χ3n) is 9.87. The van der Waals surface area contributed by atoms with Crippen LogP contribution in [0.4, 0.5) is 4.79 Å². The van der Waals surface area contributed by atoms with Crippen molar-refractivity contribution in [1.29, 1.82) is 0 Å². The van der Waals surface area contributed by atoms with Crippen LogP contribution in [0.3, 0.4) is 0 Å². The average Bonchev–Trinajstić information content (AvgIpc) is 3.80. The minimum Gasteiger partial charge on any atom is -0.449 e. The summed E-state index contributed by atoms with van der Waals surface area (Å²) in [5.74, 6) is -5.66. The van der Waals surface area contributed by atoms with E-state index in [1.165, 1.54) is 9.80 Å². The Kier molecular flexibility index (Phi) is 15.4. The molecule has 2 aliphatic heterocycles. The Bertz CT molecular complexity index is 1490. The van der Waals surface area contributed by atoms with Crippen molar-refractivity contribution in [2.45, 2.75) is 102 Å². The van der Waals surface area contributed by atoms with Gasteiger partial charge < -0.3 is 45.3 Å². The van der Waals surface area contributed by atoms with Crippen molar-refractivity contribution in [2.24, 2.45) is 11.8 Å². The predicted molar refractivity (Wildman–Crippen MR) is 195 cm³/mol. The zero-order valence-corrected chi connectivity index (χ0v) is 32.0. The van der Waals surface area contributed by atoms with Crippen molar-refractivity contribution in [3.05, 3.63) is 35.9 Å². The van der Waals surface area contributed by atoms with E-state index in [9.17, 15) is 33.6 Å². The van der Waals surface area contributed by atoms with Gasteiger partial charge in [-0.1, -0.05) is 76.8 Å². The Morgan fingerprint density at radius 1 is 0.944 bits per heavy atom. The van der Waals surface area contributed by atoms with E-state index in [1.54, 1.807) is 51.4 Å². The molecule has 3 fully saturated rings.